The number of carbonyl (C=O) groups is 2. The van der Waals surface area contributed by atoms with E-state index in [0.717, 1.165) is 12.8 Å². The summed E-state index contributed by atoms with van der Waals surface area (Å²) in [6.45, 7) is 1.85. The number of halogens is 1. The lowest BCUT2D eigenvalue weighted by Crippen LogP contribution is -2.51. The highest BCUT2D eigenvalue weighted by molar-refractivity contribution is 5.95. The lowest BCUT2D eigenvalue weighted by Gasteiger charge is -2.35. The summed E-state index contributed by atoms with van der Waals surface area (Å²) in [6.07, 6.45) is 1.91. The number of nitrogens with one attached hydrogen (secondary N) is 1. The zero-order chi connectivity index (χ0) is 22.2. The van der Waals surface area contributed by atoms with Crippen LogP contribution in [0.15, 0.2) is 47.3 Å². The number of benzene rings is 2. The molecule has 1 saturated heterocycles. The Morgan fingerprint density at radius 2 is 1.69 bits per heavy atom. The number of ether oxygens (including phenoxy) is 1. The minimum atomic E-state index is -0.654. The van der Waals surface area contributed by atoms with Crippen LogP contribution in [-0.4, -0.2) is 58.0 Å². The number of aromatic amines is 1. The van der Waals surface area contributed by atoms with Crippen LogP contribution in [0.4, 0.5) is 4.39 Å². The summed E-state index contributed by atoms with van der Waals surface area (Å²) in [4.78, 5) is 40.6. The van der Waals surface area contributed by atoms with E-state index in [1.165, 1.54) is 18.2 Å². The molecule has 32 heavy (non-hydrogen) atoms. The quantitative estimate of drug-likeness (QED) is 0.678. The molecular weight excluding hydrogens is 415 g/mol. The van der Waals surface area contributed by atoms with Gasteiger partial charge in [0.25, 0.3) is 11.5 Å². The molecule has 2 aromatic carbocycles. The normalized spacial score (nSPS) is 16.3. The Labute approximate surface area is 182 Å². The Morgan fingerprint density at radius 1 is 1.00 bits per heavy atom. The van der Waals surface area contributed by atoms with Gasteiger partial charge in [-0.05, 0) is 43.2 Å². The van der Waals surface area contributed by atoms with Gasteiger partial charge in [0.05, 0.1) is 10.8 Å². The minimum Gasteiger partial charge on any atom is -0.434 e. The standard InChI is InChI=1S/C23H21FN4O4/c24-18-8-7-15(23(31)28-11-9-27(10-12-28)22(30)14-5-6-14)13-19(18)32-21-17-4-2-1-3-16(17)20(29)25-26-21/h1-4,7-8,13-14H,5-6,9-12H2,(H,25,29). The van der Waals surface area contributed by atoms with Crippen molar-refractivity contribution >= 4 is 22.6 Å². The van der Waals surface area contributed by atoms with Gasteiger partial charge in [-0.2, -0.15) is 0 Å². The van der Waals surface area contributed by atoms with Crippen molar-refractivity contribution in [2.45, 2.75) is 12.8 Å². The highest BCUT2D eigenvalue weighted by Gasteiger charge is 2.35. The molecule has 1 aromatic heterocycles. The van der Waals surface area contributed by atoms with Crippen LogP contribution in [0.25, 0.3) is 10.8 Å². The number of rotatable bonds is 4. The fraction of sp³-hybridized carbons (Fsp3) is 0.304. The maximum Gasteiger partial charge on any atom is 0.272 e. The third-order valence-electron chi connectivity index (χ3n) is 5.85. The molecule has 3 aromatic rings. The fourth-order valence-electron chi connectivity index (χ4n) is 3.89. The molecule has 0 bridgehead atoms. The van der Waals surface area contributed by atoms with E-state index >= 15 is 0 Å². The fourth-order valence-corrected chi connectivity index (χ4v) is 3.89. The second-order valence-corrected chi connectivity index (χ2v) is 8.04. The monoisotopic (exact) mass is 436 g/mol. The summed E-state index contributed by atoms with van der Waals surface area (Å²) in [5.74, 6) is -0.702. The van der Waals surface area contributed by atoms with Crippen LogP contribution < -0.4 is 10.3 Å². The smallest absolute Gasteiger partial charge is 0.272 e. The van der Waals surface area contributed by atoms with Crippen LogP contribution in [0.5, 0.6) is 11.6 Å². The molecule has 9 heteroatoms. The number of piperazine rings is 1. The molecule has 1 saturated carbocycles. The van der Waals surface area contributed by atoms with Crippen LogP contribution in [0.1, 0.15) is 23.2 Å². The maximum absolute atomic E-state index is 14.5. The van der Waals surface area contributed by atoms with E-state index in [0.29, 0.717) is 37.0 Å². The summed E-state index contributed by atoms with van der Waals surface area (Å²) in [5.41, 5.74) is -0.103. The first-order valence-electron chi connectivity index (χ1n) is 10.5. The van der Waals surface area contributed by atoms with Gasteiger partial charge in [-0.25, -0.2) is 9.49 Å². The second kappa shape index (κ2) is 8.07. The van der Waals surface area contributed by atoms with Crippen LogP contribution in [0.2, 0.25) is 0 Å². The Morgan fingerprint density at radius 3 is 2.41 bits per heavy atom. The molecule has 0 unspecified atom stereocenters. The van der Waals surface area contributed by atoms with Crippen molar-refractivity contribution in [3.05, 3.63) is 64.2 Å². The topological polar surface area (TPSA) is 95.6 Å². The lowest BCUT2D eigenvalue weighted by atomic mass is 10.1. The van der Waals surface area contributed by atoms with Gasteiger partial charge in [0.1, 0.15) is 0 Å². The molecule has 2 aliphatic rings. The zero-order valence-electron chi connectivity index (χ0n) is 17.2. The van der Waals surface area contributed by atoms with Gasteiger partial charge < -0.3 is 14.5 Å². The van der Waals surface area contributed by atoms with E-state index in [4.69, 9.17) is 4.74 Å². The average molecular weight is 436 g/mol. The molecule has 1 N–H and O–H groups in total. The summed E-state index contributed by atoms with van der Waals surface area (Å²) in [5, 5.41) is 7.03. The largest absolute Gasteiger partial charge is 0.434 e. The Balaban J connectivity index is 1.34. The molecule has 5 rings (SSSR count). The first-order chi connectivity index (χ1) is 15.5. The molecule has 1 aliphatic carbocycles. The van der Waals surface area contributed by atoms with E-state index in [-0.39, 0.29) is 40.5 Å². The third-order valence-corrected chi connectivity index (χ3v) is 5.85. The first kappa shape index (κ1) is 20.2. The third kappa shape index (κ3) is 3.81. The van der Waals surface area contributed by atoms with E-state index < -0.39 is 5.82 Å². The van der Waals surface area contributed by atoms with Crippen LogP contribution in [-0.2, 0) is 4.79 Å². The van der Waals surface area contributed by atoms with Crippen molar-refractivity contribution in [2.75, 3.05) is 26.2 Å². The SMILES string of the molecule is O=C(c1ccc(F)c(Oc2n[nH]c(=O)c3ccccc23)c1)N1CCN(C(=O)C2CC2)CC1. The van der Waals surface area contributed by atoms with Crippen LogP contribution in [0, 0.1) is 11.7 Å². The number of hydrogen-bond acceptors (Lipinski definition) is 5. The highest BCUT2D eigenvalue weighted by Crippen LogP contribution is 2.32. The molecule has 1 aliphatic heterocycles. The van der Waals surface area contributed by atoms with Crippen molar-refractivity contribution in [1.82, 2.24) is 20.0 Å². The number of carbonyl (C=O) groups excluding carboxylic acids is 2. The van der Waals surface area contributed by atoms with Crippen molar-refractivity contribution < 1.29 is 18.7 Å². The van der Waals surface area contributed by atoms with E-state index in [2.05, 4.69) is 10.2 Å². The van der Waals surface area contributed by atoms with Gasteiger partial charge in [-0.1, -0.05) is 12.1 Å². The Bertz CT molecular complexity index is 1260. The number of H-pyrrole nitrogens is 1. The summed E-state index contributed by atoms with van der Waals surface area (Å²) >= 11 is 0. The number of aromatic nitrogens is 2. The molecule has 2 fully saturated rings. The van der Waals surface area contributed by atoms with Gasteiger partial charge >= 0.3 is 0 Å². The number of hydrogen-bond donors (Lipinski definition) is 1. The second-order valence-electron chi connectivity index (χ2n) is 8.04. The van der Waals surface area contributed by atoms with Crippen molar-refractivity contribution in [1.29, 1.82) is 0 Å². The summed E-state index contributed by atoms with van der Waals surface area (Å²) in [6, 6.07) is 10.6. The molecule has 0 atom stereocenters. The van der Waals surface area contributed by atoms with E-state index in [1.54, 1.807) is 29.2 Å². The highest BCUT2D eigenvalue weighted by atomic mass is 19.1. The lowest BCUT2D eigenvalue weighted by molar-refractivity contribution is -0.134. The predicted octanol–water partition coefficient (Wildman–Crippen LogP) is 2.55. The average Bonchev–Trinajstić information content (AvgIpc) is 3.67. The van der Waals surface area contributed by atoms with Gasteiger partial charge in [0.2, 0.25) is 11.8 Å². The molecule has 2 amide bonds. The summed E-state index contributed by atoms with van der Waals surface area (Å²) in [7, 11) is 0. The van der Waals surface area contributed by atoms with Crippen LogP contribution >= 0.6 is 0 Å². The number of amides is 2. The first-order valence-corrected chi connectivity index (χ1v) is 10.5. The van der Waals surface area contributed by atoms with Gasteiger partial charge in [0, 0.05) is 37.7 Å². The van der Waals surface area contributed by atoms with Gasteiger partial charge in [-0.3, -0.25) is 14.4 Å². The molecule has 164 valence electrons. The minimum absolute atomic E-state index is 0.0379. The maximum atomic E-state index is 14.5. The van der Waals surface area contributed by atoms with Crippen molar-refractivity contribution in [3.63, 3.8) is 0 Å². The van der Waals surface area contributed by atoms with Crippen LogP contribution in [0.3, 0.4) is 0 Å². The molecule has 8 nitrogen and oxygen atoms in total. The Hall–Kier alpha value is -3.75. The molecule has 0 spiro atoms. The van der Waals surface area contributed by atoms with E-state index in [9.17, 15) is 18.8 Å². The summed E-state index contributed by atoms with van der Waals surface area (Å²) < 4.78 is 20.1. The number of nitrogens with zero attached hydrogens (tertiary/aromatic N) is 3. The van der Waals surface area contributed by atoms with Gasteiger partial charge in [0.15, 0.2) is 11.6 Å². The molecule has 0 radical (unpaired) electrons. The molecular formula is C23H21FN4O4. The zero-order valence-corrected chi connectivity index (χ0v) is 17.2. The Kier molecular flexibility index (Phi) is 5.08. The van der Waals surface area contributed by atoms with E-state index in [1.807, 2.05) is 4.90 Å². The van der Waals surface area contributed by atoms with Crippen molar-refractivity contribution in [2.24, 2.45) is 5.92 Å². The van der Waals surface area contributed by atoms with Gasteiger partial charge in [-0.15, -0.1) is 5.10 Å². The van der Waals surface area contributed by atoms with Crippen molar-refractivity contribution in [3.8, 4) is 11.6 Å². The number of fused-ring (bicyclic) bond motifs is 1. The molecule has 2 heterocycles. The predicted molar refractivity (Wildman–Crippen MR) is 114 cm³/mol.